The molecule has 0 saturated carbocycles. The number of hydrogen-bond donors (Lipinski definition) is 0. The topological polar surface area (TPSA) is 43.4 Å². The Labute approximate surface area is 85.8 Å². The summed E-state index contributed by atoms with van der Waals surface area (Å²) in [4.78, 5) is 21.8. The molecule has 0 aromatic rings. The minimum absolute atomic E-state index is 0.0113. The minimum Gasteiger partial charge on any atom is -0.465 e. The Morgan fingerprint density at radius 2 is 1.93 bits per heavy atom. The summed E-state index contributed by atoms with van der Waals surface area (Å²) in [6, 6.07) is 0. The average molecular weight is 200 g/mol. The highest BCUT2D eigenvalue weighted by Gasteiger charge is 2.10. The number of carbonyl (C=O) groups is 2. The molecule has 0 aliphatic rings. The van der Waals surface area contributed by atoms with E-state index in [4.69, 9.17) is 4.74 Å². The fourth-order valence-corrected chi connectivity index (χ4v) is 0.958. The third-order valence-corrected chi connectivity index (χ3v) is 2.18. The zero-order valence-electron chi connectivity index (χ0n) is 9.34. The van der Waals surface area contributed by atoms with Crippen molar-refractivity contribution < 1.29 is 14.3 Å². The van der Waals surface area contributed by atoms with E-state index in [0.29, 0.717) is 13.0 Å². The summed E-state index contributed by atoms with van der Waals surface area (Å²) < 4.78 is 5.03. The van der Waals surface area contributed by atoms with Crippen LogP contribution in [0.1, 0.15) is 46.5 Å². The summed E-state index contributed by atoms with van der Waals surface area (Å²) in [5.74, 6) is 0.0522. The smallest absolute Gasteiger partial charge is 0.308 e. The third kappa shape index (κ3) is 6.63. The van der Waals surface area contributed by atoms with Crippen LogP contribution in [-0.4, -0.2) is 18.4 Å². The molecule has 0 aromatic carbocycles. The van der Waals surface area contributed by atoms with Gasteiger partial charge in [-0.25, -0.2) is 0 Å². The Kier molecular flexibility index (Phi) is 7.07. The van der Waals surface area contributed by atoms with E-state index in [1.807, 2.05) is 13.8 Å². The van der Waals surface area contributed by atoms with Gasteiger partial charge in [-0.2, -0.15) is 0 Å². The molecule has 0 spiro atoms. The van der Waals surface area contributed by atoms with Gasteiger partial charge in [0.25, 0.3) is 0 Å². The van der Waals surface area contributed by atoms with Crippen LogP contribution in [0.5, 0.6) is 0 Å². The molecule has 3 heteroatoms. The van der Waals surface area contributed by atoms with Gasteiger partial charge in [-0.05, 0) is 26.2 Å². The van der Waals surface area contributed by atoms with Crippen LogP contribution in [0.4, 0.5) is 0 Å². The molecular formula is C11H20O3. The van der Waals surface area contributed by atoms with Crippen molar-refractivity contribution in [3.63, 3.8) is 0 Å². The molecule has 1 atom stereocenters. The van der Waals surface area contributed by atoms with Crippen LogP contribution in [-0.2, 0) is 14.3 Å². The molecule has 0 N–H and O–H groups in total. The highest BCUT2D eigenvalue weighted by molar-refractivity contribution is 5.75. The van der Waals surface area contributed by atoms with Crippen molar-refractivity contribution in [3.8, 4) is 0 Å². The van der Waals surface area contributed by atoms with Crippen LogP contribution in [0.3, 0.4) is 0 Å². The largest absolute Gasteiger partial charge is 0.465 e. The number of hydrogen-bond acceptors (Lipinski definition) is 3. The van der Waals surface area contributed by atoms with Crippen molar-refractivity contribution in [1.82, 2.24) is 0 Å². The molecule has 1 unspecified atom stereocenters. The fraction of sp³-hybridized carbons (Fsp3) is 0.818. The quantitative estimate of drug-likeness (QED) is 0.468. The molecular weight excluding hydrogens is 180 g/mol. The highest BCUT2D eigenvalue weighted by atomic mass is 16.5. The Hall–Kier alpha value is -0.860. The molecule has 0 rings (SSSR count). The van der Waals surface area contributed by atoms with Crippen molar-refractivity contribution in [3.05, 3.63) is 0 Å². The monoisotopic (exact) mass is 200 g/mol. The number of Topliss-reactive ketones (excluding diaryl/α,β-unsaturated/α-hetero) is 1. The van der Waals surface area contributed by atoms with Gasteiger partial charge in [-0.1, -0.05) is 13.8 Å². The molecule has 0 heterocycles. The second-order valence-corrected chi connectivity index (χ2v) is 3.64. The maximum atomic E-state index is 11.2. The van der Waals surface area contributed by atoms with Crippen LogP contribution in [0, 0.1) is 5.92 Å². The average Bonchev–Trinajstić information content (AvgIpc) is 2.15. The van der Waals surface area contributed by atoms with E-state index in [0.717, 1.165) is 19.3 Å². The predicted octanol–water partition coefficient (Wildman–Crippen LogP) is 2.33. The Balaban J connectivity index is 3.36. The second-order valence-electron chi connectivity index (χ2n) is 3.64. The maximum Gasteiger partial charge on any atom is 0.308 e. The second kappa shape index (κ2) is 7.54. The molecule has 0 aromatic heterocycles. The minimum atomic E-state index is -0.129. The lowest BCUT2D eigenvalue weighted by molar-refractivity contribution is -0.148. The lowest BCUT2D eigenvalue weighted by atomic mass is 10.1. The van der Waals surface area contributed by atoms with Gasteiger partial charge in [0.05, 0.1) is 12.5 Å². The summed E-state index contributed by atoms with van der Waals surface area (Å²) in [7, 11) is 0. The van der Waals surface area contributed by atoms with Gasteiger partial charge in [-0.15, -0.1) is 0 Å². The SMILES string of the molecule is CCC(C)C(=O)OCCCCC(C)=O. The first kappa shape index (κ1) is 13.1. The lowest BCUT2D eigenvalue weighted by Gasteiger charge is -2.08. The summed E-state index contributed by atoms with van der Waals surface area (Å²) in [6.45, 7) is 5.83. The van der Waals surface area contributed by atoms with Gasteiger partial charge in [0, 0.05) is 6.42 Å². The van der Waals surface area contributed by atoms with Crippen molar-refractivity contribution >= 4 is 11.8 Å². The lowest BCUT2D eigenvalue weighted by Crippen LogP contribution is -2.14. The van der Waals surface area contributed by atoms with E-state index in [9.17, 15) is 9.59 Å². The molecule has 0 radical (unpaired) electrons. The molecule has 3 nitrogen and oxygen atoms in total. The van der Waals surface area contributed by atoms with Gasteiger partial charge >= 0.3 is 5.97 Å². The molecule has 0 aliphatic carbocycles. The molecule has 82 valence electrons. The van der Waals surface area contributed by atoms with Gasteiger partial charge < -0.3 is 9.53 Å². The Morgan fingerprint density at radius 3 is 2.43 bits per heavy atom. The van der Waals surface area contributed by atoms with E-state index in [1.54, 1.807) is 6.92 Å². The Morgan fingerprint density at radius 1 is 1.29 bits per heavy atom. The first-order chi connectivity index (χ1) is 6.57. The number of ketones is 1. The van der Waals surface area contributed by atoms with Crippen LogP contribution in [0.25, 0.3) is 0 Å². The van der Waals surface area contributed by atoms with Crippen molar-refractivity contribution in [2.45, 2.75) is 46.5 Å². The number of unbranched alkanes of at least 4 members (excludes halogenated alkanes) is 1. The molecule has 0 bridgehead atoms. The van der Waals surface area contributed by atoms with Crippen molar-refractivity contribution in [1.29, 1.82) is 0 Å². The van der Waals surface area contributed by atoms with Gasteiger partial charge in [-0.3, -0.25) is 4.79 Å². The number of rotatable bonds is 7. The summed E-state index contributed by atoms with van der Waals surface area (Å²) >= 11 is 0. The molecule has 0 aliphatic heterocycles. The predicted molar refractivity (Wildman–Crippen MR) is 54.9 cm³/mol. The molecule has 0 fully saturated rings. The van der Waals surface area contributed by atoms with Gasteiger partial charge in [0.2, 0.25) is 0 Å². The Bertz CT molecular complexity index is 187. The van der Waals surface area contributed by atoms with E-state index in [1.165, 1.54) is 0 Å². The van der Waals surface area contributed by atoms with Crippen LogP contribution >= 0.6 is 0 Å². The number of ether oxygens (including phenoxy) is 1. The first-order valence-electron chi connectivity index (χ1n) is 5.24. The van der Waals surface area contributed by atoms with Crippen molar-refractivity contribution in [2.75, 3.05) is 6.61 Å². The number of carbonyl (C=O) groups excluding carboxylic acids is 2. The third-order valence-electron chi connectivity index (χ3n) is 2.18. The van der Waals surface area contributed by atoms with Crippen LogP contribution in [0.15, 0.2) is 0 Å². The molecule has 0 saturated heterocycles. The molecule has 14 heavy (non-hydrogen) atoms. The standard InChI is InChI=1S/C11H20O3/c1-4-9(2)11(13)14-8-6-5-7-10(3)12/h9H,4-8H2,1-3H3. The van der Waals surface area contributed by atoms with Crippen molar-refractivity contribution in [2.24, 2.45) is 5.92 Å². The normalized spacial score (nSPS) is 12.2. The molecule has 0 amide bonds. The summed E-state index contributed by atoms with van der Waals surface area (Å²) in [6.07, 6.45) is 2.98. The van der Waals surface area contributed by atoms with Gasteiger partial charge in [0.15, 0.2) is 0 Å². The van der Waals surface area contributed by atoms with E-state index >= 15 is 0 Å². The van der Waals surface area contributed by atoms with E-state index < -0.39 is 0 Å². The van der Waals surface area contributed by atoms with E-state index in [2.05, 4.69) is 0 Å². The van der Waals surface area contributed by atoms with E-state index in [-0.39, 0.29) is 17.7 Å². The summed E-state index contributed by atoms with van der Waals surface area (Å²) in [5, 5.41) is 0. The zero-order valence-corrected chi connectivity index (χ0v) is 9.34. The fourth-order valence-electron chi connectivity index (χ4n) is 0.958. The number of esters is 1. The zero-order chi connectivity index (χ0) is 11.0. The van der Waals surface area contributed by atoms with Crippen LogP contribution < -0.4 is 0 Å². The summed E-state index contributed by atoms with van der Waals surface area (Å²) in [5.41, 5.74) is 0. The van der Waals surface area contributed by atoms with Crippen LogP contribution in [0.2, 0.25) is 0 Å². The maximum absolute atomic E-state index is 11.2. The highest BCUT2D eigenvalue weighted by Crippen LogP contribution is 2.04. The first-order valence-corrected chi connectivity index (χ1v) is 5.24. The van der Waals surface area contributed by atoms with Gasteiger partial charge in [0.1, 0.15) is 5.78 Å².